The maximum Gasteiger partial charge on any atom is 0.384 e. The summed E-state index contributed by atoms with van der Waals surface area (Å²) in [5.74, 6) is 0.865. The molecule has 1 aromatic rings. The maximum atomic E-state index is 12.5. The van der Waals surface area contributed by atoms with E-state index in [9.17, 15) is 4.79 Å². The van der Waals surface area contributed by atoms with Crippen molar-refractivity contribution >= 4 is 30.1 Å². The first kappa shape index (κ1) is 22.2. The maximum absolute atomic E-state index is 12.5. The molecule has 0 bridgehead atoms. The summed E-state index contributed by atoms with van der Waals surface area (Å²) in [4.78, 5) is 14.7. The highest BCUT2D eigenvalue weighted by Crippen LogP contribution is 2.19. The van der Waals surface area contributed by atoms with E-state index in [4.69, 9.17) is 0 Å². The summed E-state index contributed by atoms with van der Waals surface area (Å²) >= 11 is 0. The standard InChI is InChI=1S/C18H30N4O.ClH/c1-7-21(8-2)18(22(9-3)10-4)20-17(23)19-16-14(5)12-11-13-15(16)6;/h11-13H,7-10H2,1-6H3,(H,19,23);1H/p+1. The smallest absolute Gasteiger partial charge is 0.294 e. The van der Waals surface area contributed by atoms with Gasteiger partial charge in [0.15, 0.2) is 0 Å². The number of carbonyl (C=O) groups excluding carboxylic acids is 1. The van der Waals surface area contributed by atoms with Gasteiger partial charge in [-0.1, -0.05) is 18.2 Å². The van der Waals surface area contributed by atoms with Crippen LogP contribution in [-0.2, 0) is 0 Å². The molecule has 0 fully saturated rings. The van der Waals surface area contributed by atoms with E-state index in [0.29, 0.717) is 0 Å². The van der Waals surface area contributed by atoms with Crippen molar-refractivity contribution in [1.82, 2.24) is 10.2 Å². The average Bonchev–Trinajstić information content (AvgIpc) is 2.53. The molecule has 2 amide bonds. The van der Waals surface area contributed by atoms with E-state index in [1.165, 1.54) is 0 Å². The van der Waals surface area contributed by atoms with Gasteiger partial charge in [0.25, 0.3) is 0 Å². The van der Waals surface area contributed by atoms with E-state index >= 15 is 0 Å². The molecule has 2 N–H and O–H groups in total. The summed E-state index contributed by atoms with van der Waals surface area (Å²) in [5.41, 5.74) is 3.00. The predicted molar refractivity (Wildman–Crippen MR) is 105 cm³/mol. The van der Waals surface area contributed by atoms with E-state index in [-0.39, 0.29) is 18.4 Å². The lowest BCUT2D eigenvalue weighted by molar-refractivity contribution is -0.527. The third-order valence-corrected chi connectivity index (χ3v) is 4.07. The van der Waals surface area contributed by atoms with Crippen molar-refractivity contribution in [1.29, 1.82) is 0 Å². The number of guanidine groups is 1. The number of nitrogens with one attached hydrogen (secondary N) is 2. The van der Waals surface area contributed by atoms with Gasteiger partial charge in [0.1, 0.15) is 0 Å². The Kier molecular flexibility index (Phi) is 10.1. The molecule has 0 saturated carbocycles. The number of nitrogens with zero attached hydrogens (tertiary/aromatic N) is 2. The molecule has 0 atom stereocenters. The third kappa shape index (κ3) is 5.71. The van der Waals surface area contributed by atoms with Crippen LogP contribution in [0.5, 0.6) is 0 Å². The molecule has 0 spiro atoms. The molecule has 24 heavy (non-hydrogen) atoms. The van der Waals surface area contributed by atoms with Crippen molar-refractivity contribution in [2.75, 3.05) is 31.5 Å². The van der Waals surface area contributed by atoms with Gasteiger partial charge >= 0.3 is 12.0 Å². The van der Waals surface area contributed by atoms with Gasteiger partial charge in [-0.15, -0.1) is 12.4 Å². The fourth-order valence-corrected chi connectivity index (χ4v) is 2.66. The van der Waals surface area contributed by atoms with Crippen LogP contribution in [0.1, 0.15) is 38.8 Å². The molecule has 6 heteroatoms. The highest BCUT2D eigenvalue weighted by atomic mass is 35.5. The minimum atomic E-state index is -0.198. The van der Waals surface area contributed by atoms with Crippen LogP contribution < -0.4 is 10.6 Å². The van der Waals surface area contributed by atoms with Crippen LogP contribution in [-0.4, -0.2) is 47.6 Å². The normalized spacial score (nSPS) is 9.75. The highest BCUT2D eigenvalue weighted by molar-refractivity contribution is 6.01. The Hall–Kier alpha value is -1.75. The SMILES string of the molecule is CCN(CC)C(NC(=O)Nc1c(C)cccc1C)=[N+](CC)CC.Cl. The first-order valence-corrected chi connectivity index (χ1v) is 8.49. The zero-order valence-electron chi connectivity index (χ0n) is 15.8. The van der Waals surface area contributed by atoms with Gasteiger partial charge in [0.05, 0.1) is 26.2 Å². The van der Waals surface area contributed by atoms with Crippen LogP contribution in [0.3, 0.4) is 0 Å². The molecule has 0 radical (unpaired) electrons. The second kappa shape index (κ2) is 10.9. The summed E-state index contributed by atoms with van der Waals surface area (Å²) in [6.45, 7) is 15.8. The summed E-state index contributed by atoms with van der Waals surface area (Å²) in [5, 5.41) is 6.03. The number of para-hydroxylation sites is 1. The molecule has 0 aliphatic heterocycles. The molecule has 0 saturated heterocycles. The number of anilines is 1. The summed E-state index contributed by atoms with van der Waals surface area (Å²) < 4.78 is 2.16. The number of amides is 2. The topological polar surface area (TPSA) is 47.4 Å². The molecule has 1 aromatic carbocycles. The molecular weight excluding hydrogens is 324 g/mol. The molecule has 0 unspecified atom stereocenters. The van der Waals surface area contributed by atoms with Crippen molar-refractivity contribution < 1.29 is 9.37 Å². The lowest BCUT2D eigenvalue weighted by Crippen LogP contribution is -2.51. The van der Waals surface area contributed by atoms with E-state index in [2.05, 4.69) is 47.8 Å². The molecule has 0 aromatic heterocycles. The van der Waals surface area contributed by atoms with Crippen molar-refractivity contribution in [2.24, 2.45) is 0 Å². The molecule has 0 aliphatic carbocycles. The van der Waals surface area contributed by atoms with Crippen LogP contribution in [0.2, 0.25) is 0 Å². The van der Waals surface area contributed by atoms with Gasteiger partial charge in [0, 0.05) is 5.69 Å². The molecule has 1 rings (SSSR count). The van der Waals surface area contributed by atoms with E-state index in [1.54, 1.807) is 0 Å². The van der Waals surface area contributed by atoms with Crippen LogP contribution in [0.15, 0.2) is 18.2 Å². The third-order valence-electron chi connectivity index (χ3n) is 4.07. The van der Waals surface area contributed by atoms with Crippen molar-refractivity contribution in [3.8, 4) is 0 Å². The second-order valence-electron chi connectivity index (χ2n) is 5.51. The quantitative estimate of drug-likeness (QED) is 0.481. The Morgan fingerprint density at radius 2 is 1.54 bits per heavy atom. The van der Waals surface area contributed by atoms with Gasteiger partial charge in [0.2, 0.25) is 0 Å². The van der Waals surface area contributed by atoms with Gasteiger partial charge in [-0.2, -0.15) is 5.32 Å². The van der Waals surface area contributed by atoms with Crippen LogP contribution in [0.25, 0.3) is 0 Å². The zero-order valence-corrected chi connectivity index (χ0v) is 16.6. The van der Waals surface area contributed by atoms with Gasteiger partial charge in [-0.3, -0.25) is 14.8 Å². The first-order chi connectivity index (χ1) is 11.0. The first-order valence-electron chi connectivity index (χ1n) is 8.49. The molecule has 0 aliphatic rings. The Balaban J connectivity index is 0.00000529. The van der Waals surface area contributed by atoms with Crippen molar-refractivity contribution in [2.45, 2.75) is 41.5 Å². The Morgan fingerprint density at radius 3 is 1.96 bits per heavy atom. The van der Waals surface area contributed by atoms with Gasteiger partial charge in [-0.05, 0) is 52.7 Å². The molecule has 0 heterocycles. The fourth-order valence-electron chi connectivity index (χ4n) is 2.66. The second-order valence-corrected chi connectivity index (χ2v) is 5.51. The van der Waals surface area contributed by atoms with Gasteiger partial charge < -0.3 is 0 Å². The number of aryl methyl sites for hydroxylation is 2. The minimum Gasteiger partial charge on any atom is -0.294 e. The Labute approximate surface area is 152 Å². The van der Waals surface area contributed by atoms with Crippen molar-refractivity contribution in [3.05, 3.63) is 29.3 Å². The molecule has 136 valence electrons. The van der Waals surface area contributed by atoms with E-state index in [0.717, 1.165) is 49.0 Å². The largest absolute Gasteiger partial charge is 0.384 e. The number of rotatable bonds is 5. The molecule has 5 nitrogen and oxygen atoms in total. The van der Waals surface area contributed by atoms with Crippen LogP contribution in [0.4, 0.5) is 10.5 Å². The number of halogens is 1. The number of benzene rings is 1. The van der Waals surface area contributed by atoms with Crippen LogP contribution >= 0.6 is 12.4 Å². The predicted octanol–water partition coefficient (Wildman–Crippen LogP) is 3.60. The zero-order chi connectivity index (χ0) is 17.4. The van der Waals surface area contributed by atoms with E-state index in [1.807, 2.05) is 32.0 Å². The average molecular weight is 356 g/mol. The Bertz CT molecular complexity index is 542. The number of carbonyl (C=O) groups is 1. The summed E-state index contributed by atoms with van der Waals surface area (Å²) in [6, 6.07) is 5.80. The lowest BCUT2D eigenvalue weighted by Gasteiger charge is -2.20. The Morgan fingerprint density at radius 1 is 1.04 bits per heavy atom. The minimum absolute atomic E-state index is 0. The van der Waals surface area contributed by atoms with Crippen LogP contribution in [0, 0.1) is 13.8 Å². The van der Waals surface area contributed by atoms with Crippen molar-refractivity contribution in [3.63, 3.8) is 0 Å². The summed E-state index contributed by atoms with van der Waals surface area (Å²) in [7, 11) is 0. The fraction of sp³-hybridized carbons (Fsp3) is 0.556. The summed E-state index contributed by atoms with van der Waals surface area (Å²) in [6.07, 6.45) is 0. The monoisotopic (exact) mass is 355 g/mol. The highest BCUT2D eigenvalue weighted by Gasteiger charge is 2.22. The molecular formula is C18H32ClN4O+. The lowest BCUT2D eigenvalue weighted by atomic mass is 10.1. The number of hydrogen-bond donors (Lipinski definition) is 2. The van der Waals surface area contributed by atoms with E-state index < -0.39 is 0 Å². The van der Waals surface area contributed by atoms with Gasteiger partial charge in [-0.25, -0.2) is 4.79 Å². The number of hydrogen-bond acceptors (Lipinski definition) is 1. The number of urea groups is 1.